The molecule has 0 atom stereocenters. The molecule has 20 heavy (non-hydrogen) atoms. The largest absolute Gasteiger partial charge is 0.534 e. The number of hydrogen-bond donors (Lipinski definition) is 0. The third-order valence-corrected chi connectivity index (χ3v) is 2.73. The van der Waals surface area contributed by atoms with Crippen molar-refractivity contribution in [2.45, 2.75) is 32.5 Å². The van der Waals surface area contributed by atoms with Crippen molar-refractivity contribution < 1.29 is 43.7 Å². The van der Waals surface area contributed by atoms with E-state index in [2.05, 4.69) is 4.18 Å². The number of allylic oxidation sites excluding steroid dienone is 2. The Morgan fingerprint density at radius 3 is 1.65 bits per heavy atom. The van der Waals surface area contributed by atoms with Crippen LogP contribution >= 0.6 is 0 Å². The maximum absolute atomic E-state index is 12.4. The summed E-state index contributed by atoms with van der Waals surface area (Å²) in [7, 11) is -6.51. The van der Waals surface area contributed by atoms with E-state index >= 15 is 0 Å². The third kappa shape index (κ3) is 5.02. The van der Waals surface area contributed by atoms with Crippen LogP contribution < -0.4 is 0 Å². The van der Waals surface area contributed by atoms with E-state index in [1.54, 1.807) is 0 Å². The molecule has 0 aromatic heterocycles. The van der Waals surface area contributed by atoms with E-state index in [1.165, 1.54) is 20.8 Å². The van der Waals surface area contributed by atoms with Crippen LogP contribution in [0.1, 0.15) is 20.8 Å². The second-order valence-electron chi connectivity index (χ2n) is 4.60. The Morgan fingerprint density at radius 1 is 1.00 bits per heavy atom. The van der Waals surface area contributed by atoms with Gasteiger partial charge in [0.25, 0.3) is 0 Å². The normalized spacial score (nSPS) is 15.2. The lowest BCUT2D eigenvalue weighted by atomic mass is 9.90. The monoisotopic (exact) mass is 328 g/mol. The molecule has 0 aromatic rings. The highest BCUT2D eigenvalue weighted by atomic mass is 32.2. The number of alkyl halides is 6. The van der Waals surface area contributed by atoms with Gasteiger partial charge in [-0.1, -0.05) is 20.8 Å². The van der Waals surface area contributed by atoms with Crippen LogP contribution in [0.3, 0.4) is 0 Å². The Kier molecular flexibility index (Phi) is 4.93. The molecule has 0 aromatic carbocycles. The molecule has 0 bridgehead atoms. The van der Waals surface area contributed by atoms with Gasteiger partial charge in [0.1, 0.15) is 0 Å². The fraction of sp³-hybridized carbons (Fsp3) is 0.667. The molecule has 0 fully saturated rings. The van der Waals surface area contributed by atoms with E-state index in [4.69, 9.17) is 0 Å². The van der Waals surface area contributed by atoms with Crippen LogP contribution in [0.2, 0.25) is 0 Å². The summed E-state index contributed by atoms with van der Waals surface area (Å²) in [6.45, 7) is 3.58. The summed E-state index contributed by atoms with van der Waals surface area (Å²) in [5.74, 6) is -3.79. The zero-order valence-electron chi connectivity index (χ0n) is 10.4. The fourth-order valence-corrected chi connectivity index (χ4v) is 1.13. The van der Waals surface area contributed by atoms with Crippen LogP contribution in [-0.4, -0.2) is 25.9 Å². The highest BCUT2D eigenvalue weighted by Crippen LogP contribution is 2.34. The predicted molar refractivity (Wildman–Crippen MR) is 54.7 cm³/mol. The molecule has 0 radical (unpaired) electrons. The van der Waals surface area contributed by atoms with Crippen molar-refractivity contribution in [2.24, 2.45) is 5.41 Å². The van der Waals surface area contributed by atoms with Crippen LogP contribution in [0.15, 0.2) is 11.8 Å². The molecule has 0 unspecified atom stereocenters. The minimum atomic E-state index is -6.51. The number of rotatable bonds is 3. The SMILES string of the molecule is CC(C)(C)C(=O)/C=C(\OS(=O)(=O)C(F)(F)F)C(F)(F)F. The summed E-state index contributed by atoms with van der Waals surface area (Å²) in [5.41, 5.74) is -7.40. The molecule has 0 aliphatic heterocycles. The number of carbonyl (C=O) groups is 1. The number of hydrogen-bond acceptors (Lipinski definition) is 4. The maximum atomic E-state index is 12.4. The number of halogens is 6. The molecule has 0 saturated carbocycles. The lowest BCUT2D eigenvalue weighted by Gasteiger charge is -2.17. The molecule has 4 nitrogen and oxygen atoms in total. The molecule has 0 saturated heterocycles. The smallest absolute Gasteiger partial charge is 0.371 e. The Labute approximate surface area is 110 Å². The first-order valence-electron chi connectivity index (χ1n) is 4.82. The molecule has 0 aliphatic carbocycles. The third-order valence-electron chi connectivity index (χ3n) is 1.76. The van der Waals surface area contributed by atoms with Crippen LogP contribution in [0.5, 0.6) is 0 Å². The first-order chi connectivity index (χ1) is 8.48. The highest BCUT2D eigenvalue weighted by Gasteiger charge is 2.52. The Balaban J connectivity index is 5.68. The highest BCUT2D eigenvalue weighted by molar-refractivity contribution is 7.87. The molecule has 0 N–H and O–H groups in total. The molecular formula is C9H10F6O4S. The molecule has 0 spiro atoms. The molecular weight excluding hydrogens is 318 g/mol. The second kappa shape index (κ2) is 5.26. The van der Waals surface area contributed by atoms with Gasteiger partial charge in [-0.3, -0.25) is 4.79 Å². The second-order valence-corrected chi connectivity index (χ2v) is 6.14. The zero-order valence-corrected chi connectivity index (χ0v) is 11.2. The molecule has 0 aliphatic rings. The maximum Gasteiger partial charge on any atom is 0.534 e. The van der Waals surface area contributed by atoms with Gasteiger partial charge in [-0.25, -0.2) is 0 Å². The van der Waals surface area contributed by atoms with E-state index in [1.807, 2.05) is 0 Å². The quantitative estimate of drug-likeness (QED) is 0.263. The molecule has 118 valence electrons. The summed E-state index contributed by atoms with van der Waals surface area (Å²) in [4.78, 5) is 11.3. The lowest BCUT2D eigenvalue weighted by molar-refractivity contribution is -0.128. The summed E-state index contributed by atoms with van der Waals surface area (Å²) in [5, 5.41) is 0. The summed E-state index contributed by atoms with van der Waals surface area (Å²) < 4.78 is 97.2. The fourth-order valence-electron chi connectivity index (χ4n) is 0.654. The van der Waals surface area contributed by atoms with E-state index in [0.29, 0.717) is 0 Å². The summed E-state index contributed by atoms with van der Waals surface area (Å²) >= 11 is 0. The van der Waals surface area contributed by atoms with Crippen molar-refractivity contribution in [2.75, 3.05) is 0 Å². The van der Waals surface area contributed by atoms with Gasteiger partial charge in [0.15, 0.2) is 5.78 Å². The van der Waals surface area contributed by atoms with E-state index in [-0.39, 0.29) is 6.08 Å². The molecule has 0 amide bonds. The van der Waals surface area contributed by atoms with Gasteiger partial charge in [-0.15, -0.1) is 0 Å². The molecule has 0 rings (SSSR count). The van der Waals surface area contributed by atoms with Crippen LogP contribution in [-0.2, 0) is 19.1 Å². The van der Waals surface area contributed by atoms with Gasteiger partial charge in [-0.05, 0) is 0 Å². The van der Waals surface area contributed by atoms with Gasteiger partial charge in [0.05, 0.1) is 0 Å². The van der Waals surface area contributed by atoms with Crippen molar-refractivity contribution in [3.8, 4) is 0 Å². The van der Waals surface area contributed by atoms with Crippen molar-refractivity contribution in [3.63, 3.8) is 0 Å². The Morgan fingerprint density at radius 2 is 1.40 bits per heavy atom. The Hall–Kier alpha value is -1.26. The summed E-state index contributed by atoms with van der Waals surface area (Å²) in [6, 6.07) is 0. The Bertz CT molecular complexity index is 506. The minimum Gasteiger partial charge on any atom is -0.371 e. The van der Waals surface area contributed by atoms with Crippen molar-refractivity contribution >= 4 is 15.9 Å². The first kappa shape index (κ1) is 18.7. The van der Waals surface area contributed by atoms with Crippen molar-refractivity contribution in [3.05, 3.63) is 11.8 Å². The lowest BCUT2D eigenvalue weighted by Crippen LogP contribution is -2.30. The van der Waals surface area contributed by atoms with Gasteiger partial charge >= 0.3 is 21.8 Å². The van der Waals surface area contributed by atoms with Gasteiger partial charge < -0.3 is 4.18 Å². The average molecular weight is 328 g/mol. The van der Waals surface area contributed by atoms with Crippen LogP contribution in [0.4, 0.5) is 26.3 Å². The van der Waals surface area contributed by atoms with Crippen molar-refractivity contribution in [1.82, 2.24) is 0 Å². The number of carbonyl (C=O) groups excluding carboxylic acids is 1. The summed E-state index contributed by atoms with van der Waals surface area (Å²) in [6.07, 6.45) is -5.89. The zero-order chi connectivity index (χ0) is 16.6. The van der Waals surface area contributed by atoms with Crippen molar-refractivity contribution in [1.29, 1.82) is 0 Å². The molecule has 11 heteroatoms. The van der Waals surface area contributed by atoms with E-state index in [9.17, 15) is 39.6 Å². The van der Waals surface area contributed by atoms with Gasteiger partial charge in [0, 0.05) is 11.5 Å². The topological polar surface area (TPSA) is 60.4 Å². The van der Waals surface area contributed by atoms with E-state index < -0.39 is 38.8 Å². The first-order valence-corrected chi connectivity index (χ1v) is 6.23. The van der Waals surface area contributed by atoms with Gasteiger partial charge in [-0.2, -0.15) is 34.8 Å². The van der Waals surface area contributed by atoms with Crippen LogP contribution in [0, 0.1) is 5.41 Å². The van der Waals surface area contributed by atoms with E-state index in [0.717, 1.165) is 0 Å². The molecule has 0 heterocycles. The average Bonchev–Trinajstić information content (AvgIpc) is 2.11. The predicted octanol–water partition coefficient (Wildman–Crippen LogP) is 2.91. The van der Waals surface area contributed by atoms with Crippen LogP contribution in [0.25, 0.3) is 0 Å². The van der Waals surface area contributed by atoms with Gasteiger partial charge in [0.2, 0.25) is 5.76 Å². The minimum absolute atomic E-state index is 0.316. The standard InChI is InChI=1S/C9H10F6O4S/c1-7(2,3)5(16)4-6(8(10,11)12)19-20(17,18)9(13,14)15/h4H,1-3H3/b6-4-. The number of ketones is 1.